The number of hydrogen-bond donors (Lipinski definition) is 1. The van der Waals surface area contributed by atoms with E-state index in [1.165, 1.54) is 19.2 Å². The Labute approximate surface area is 172 Å². The number of nitrogens with zero attached hydrogens (tertiary/aromatic N) is 2. The minimum atomic E-state index is -3.87. The molecule has 1 amide bonds. The second kappa shape index (κ2) is 10.5. The molecule has 2 aromatic rings. The minimum absolute atomic E-state index is 0.00541. The van der Waals surface area contributed by atoms with Crippen molar-refractivity contribution in [3.8, 4) is 0 Å². The van der Waals surface area contributed by atoms with Gasteiger partial charge >= 0.3 is 0 Å². The van der Waals surface area contributed by atoms with Crippen molar-refractivity contribution in [2.45, 2.75) is 24.8 Å². The lowest BCUT2D eigenvalue weighted by atomic mass is 10.1. The molecule has 29 heavy (non-hydrogen) atoms. The van der Waals surface area contributed by atoms with Gasteiger partial charge in [-0.05, 0) is 42.9 Å². The molecule has 0 saturated heterocycles. The quantitative estimate of drug-likeness (QED) is 0.640. The third-order valence-electron chi connectivity index (χ3n) is 4.82. The topological polar surface area (TPSA) is 69.7 Å². The Morgan fingerprint density at radius 1 is 1.03 bits per heavy atom. The fourth-order valence-corrected chi connectivity index (χ4v) is 4.26. The van der Waals surface area contributed by atoms with E-state index in [1.54, 1.807) is 0 Å². The highest BCUT2D eigenvalue weighted by atomic mass is 32.2. The maximum absolute atomic E-state index is 13.0. The predicted molar refractivity (Wildman–Crippen MR) is 111 cm³/mol. The van der Waals surface area contributed by atoms with Crippen LogP contribution in [0.5, 0.6) is 0 Å². The number of amides is 1. The summed E-state index contributed by atoms with van der Waals surface area (Å²) < 4.78 is 39.1. The number of likely N-dealkylation sites (N-methyl/N-ethyl adjacent to an activating group) is 2. The lowest BCUT2D eigenvalue weighted by molar-refractivity contribution is -0.121. The molecule has 0 bridgehead atoms. The molecule has 0 fully saturated rings. The second-order valence-corrected chi connectivity index (χ2v) is 8.71. The van der Waals surface area contributed by atoms with Gasteiger partial charge < -0.3 is 5.32 Å². The third-order valence-corrected chi connectivity index (χ3v) is 6.64. The van der Waals surface area contributed by atoms with Crippen LogP contribution in [-0.4, -0.2) is 56.8 Å². The number of rotatable bonds is 10. The van der Waals surface area contributed by atoms with Gasteiger partial charge in [-0.15, -0.1) is 0 Å². The first kappa shape index (κ1) is 23.0. The Hall–Kier alpha value is -2.29. The van der Waals surface area contributed by atoms with Gasteiger partial charge in [0.05, 0.1) is 17.5 Å². The molecule has 0 aliphatic rings. The standard InChI is InChI=1S/C21H28FN3O3S/c1-4-25(5-2)20(17-9-7-6-8-10-17)15-23-21(26)16-24(3)29(27,28)19-13-11-18(22)12-14-19/h6-14,20H,4-5,15-16H2,1-3H3,(H,23,26). The maximum atomic E-state index is 13.0. The van der Waals surface area contributed by atoms with E-state index in [9.17, 15) is 17.6 Å². The molecule has 6 nitrogen and oxygen atoms in total. The molecule has 0 spiro atoms. The SMILES string of the molecule is CCN(CC)C(CNC(=O)CN(C)S(=O)(=O)c1ccc(F)cc1)c1ccccc1. The smallest absolute Gasteiger partial charge is 0.243 e. The van der Waals surface area contributed by atoms with Crippen molar-refractivity contribution in [3.05, 3.63) is 66.0 Å². The third kappa shape index (κ3) is 6.09. The van der Waals surface area contributed by atoms with Gasteiger partial charge in [0.1, 0.15) is 5.82 Å². The van der Waals surface area contributed by atoms with Crippen molar-refractivity contribution in [1.82, 2.24) is 14.5 Å². The lowest BCUT2D eigenvalue weighted by Crippen LogP contribution is -2.42. The van der Waals surface area contributed by atoms with E-state index in [1.807, 2.05) is 30.3 Å². The van der Waals surface area contributed by atoms with Crippen LogP contribution < -0.4 is 5.32 Å². The van der Waals surface area contributed by atoms with Gasteiger partial charge in [-0.25, -0.2) is 12.8 Å². The van der Waals surface area contributed by atoms with Gasteiger partial charge in [-0.2, -0.15) is 4.31 Å². The van der Waals surface area contributed by atoms with Crippen LogP contribution in [0.25, 0.3) is 0 Å². The zero-order valence-corrected chi connectivity index (χ0v) is 17.8. The first-order valence-corrected chi connectivity index (χ1v) is 11.0. The molecular weight excluding hydrogens is 393 g/mol. The average Bonchev–Trinajstić information content (AvgIpc) is 2.72. The van der Waals surface area contributed by atoms with Gasteiger partial charge in [-0.1, -0.05) is 44.2 Å². The van der Waals surface area contributed by atoms with Crippen LogP contribution in [0.15, 0.2) is 59.5 Å². The van der Waals surface area contributed by atoms with Crippen LogP contribution in [0.3, 0.4) is 0 Å². The number of carbonyl (C=O) groups is 1. The molecule has 2 rings (SSSR count). The first-order chi connectivity index (χ1) is 13.8. The summed E-state index contributed by atoms with van der Waals surface area (Å²) in [6.45, 7) is 5.82. The molecule has 0 heterocycles. The van der Waals surface area contributed by atoms with E-state index >= 15 is 0 Å². The summed E-state index contributed by atoms with van der Waals surface area (Å²) >= 11 is 0. The van der Waals surface area contributed by atoms with Gasteiger partial charge in [0, 0.05) is 13.6 Å². The van der Waals surface area contributed by atoms with E-state index in [4.69, 9.17) is 0 Å². The molecule has 0 aliphatic carbocycles. The number of sulfonamides is 1. The molecule has 0 radical (unpaired) electrons. The Morgan fingerprint density at radius 3 is 2.17 bits per heavy atom. The van der Waals surface area contributed by atoms with Crippen molar-refractivity contribution < 1.29 is 17.6 Å². The molecule has 2 aromatic carbocycles. The van der Waals surface area contributed by atoms with Crippen LogP contribution >= 0.6 is 0 Å². The van der Waals surface area contributed by atoms with E-state index in [0.717, 1.165) is 35.1 Å². The van der Waals surface area contributed by atoms with Crippen LogP contribution in [0.2, 0.25) is 0 Å². The van der Waals surface area contributed by atoms with Crippen molar-refractivity contribution in [3.63, 3.8) is 0 Å². The number of nitrogens with one attached hydrogen (secondary N) is 1. The normalized spacial score (nSPS) is 12.9. The van der Waals surface area contributed by atoms with Crippen molar-refractivity contribution in [2.24, 2.45) is 0 Å². The van der Waals surface area contributed by atoms with Gasteiger partial charge in [0.15, 0.2) is 0 Å². The van der Waals surface area contributed by atoms with Crippen molar-refractivity contribution in [2.75, 3.05) is 33.2 Å². The lowest BCUT2D eigenvalue weighted by Gasteiger charge is -2.30. The van der Waals surface area contributed by atoms with E-state index < -0.39 is 21.7 Å². The summed E-state index contributed by atoms with van der Waals surface area (Å²) in [7, 11) is -2.54. The van der Waals surface area contributed by atoms with Crippen molar-refractivity contribution in [1.29, 1.82) is 0 Å². The molecular formula is C21H28FN3O3S. The zero-order valence-electron chi connectivity index (χ0n) is 17.0. The van der Waals surface area contributed by atoms with Crippen molar-refractivity contribution >= 4 is 15.9 Å². The zero-order chi connectivity index (χ0) is 21.4. The van der Waals surface area contributed by atoms with E-state index in [-0.39, 0.29) is 17.5 Å². The summed E-state index contributed by atoms with van der Waals surface area (Å²) in [5, 5.41) is 2.85. The van der Waals surface area contributed by atoms with E-state index in [2.05, 4.69) is 24.1 Å². The van der Waals surface area contributed by atoms with Gasteiger partial charge in [0.25, 0.3) is 0 Å². The highest BCUT2D eigenvalue weighted by molar-refractivity contribution is 7.89. The molecule has 1 atom stereocenters. The highest BCUT2D eigenvalue weighted by Crippen LogP contribution is 2.19. The first-order valence-electron chi connectivity index (χ1n) is 9.57. The van der Waals surface area contributed by atoms with Gasteiger partial charge in [0.2, 0.25) is 15.9 Å². The Balaban J connectivity index is 2.03. The molecule has 8 heteroatoms. The minimum Gasteiger partial charge on any atom is -0.353 e. The molecule has 1 unspecified atom stereocenters. The fourth-order valence-electron chi connectivity index (χ4n) is 3.14. The molecule has 1 N–H and O–H groups in total. The number of hydrogen-bond acceptors (Lipinski definition) is 4. The molecule has 0 aliphatic heterocycles. The number of halogens is 1. The predicted octanol–water partition coefficient (Wildman–Crippen LogP) is 2.65. The molecule has 0 aromatic heterocycles. The van der Waals surface area contributed by atoms with E-state index in [0.29, 0.717) is 6.54 Å². The van der Waals surface area contributed by atoms with Crippen LogP contribution in [0.1, 0.15) is 25.5 Å². The Bertz CT molecular complexity index is 885. The maximum Gasteiger partial charge on any atom is 0.243 e. The summed E-state index contributed by atoms with van der Waals surface area (Å²) in [5.74, 6) is -0.918. The van der Waals surface area contributed by atoms with Crippen LogP contribution in [-0.2, 0) is 14.8 Å². The van der Waals surface area contributed by atoms with Gasteiger partial charge in [-0.3, -0.25) is 9.69 Å². The average molecular weight is 422 g/mol. The number of benzene rings is 2. The van der Waals surface area contributed by atoms with Crippen LogP contribution in [0.4, 0.5) is 4.39 Å². The molecule has 0 saturated carbocycles. The largest absolute Gasteiger partial charge is 0.353 e. The summed E-state index contributed by atoms with van der Waals surface area (Å²) in [6.07, 6.45) is 0. The summed E-state index contributed by atoms with van der Waals surface area (Å²) in [5.41, 5.74) is 1.09. The Kier molecular flexibility index (Phi) is 8.31. The Morgan fingerprint density at radius 2 is 1.62 bits per heavy atom. The van der Waals surface area contributed by atoms with Crippen LogP contribution in [0, 0.1) is 5.82 Å². The monoisotopic (exact) mass is 421 g/mol. The summed E-state index contributed by atoms with van der Waals surface area (Å²) in [4.78, 5) is 14.6. The fraction of sp³-hybridized carbons (Fsp3) is 0.381. The number of carbonyl (C=O) groups excluding carboxylic acids is 1. The second-order valence-electron chi connectivity index (χ2n) is 6.67. The molecule has 158 valence electrons. The summed E-state index contributed by atoms with van der Waals surface area (Å²) in [6, 6.07) is 14.4. The highest BCUT2D eigenvalue weighted by Gasteiger charge is 2.24.